The van der Waals surface area contributed by atoms with Crippen molar-refractivity contribution in [1.29, 1.82) is 0 Å². The summed E-state index contributed by atoms with van der Waals surface area (Å²) in [6.45, 7) is 2.11. The monoisotopic (exact) mass is 269 g/mol. The van der Waals surface area contributed by atoms with Gasteiger partial charge in [-0.05, 0) is 31.5 Å². The first-order valence-corrected chi connectivity index (χ1v) is 7.04. The molecule has 0 unspecified atom stereocenters. The lowest BCUT2D eigenvalue weighted by Crippen LogP contribution is -2.28. The van der Waals surface area contributed by atoms with E-state index < -0.39 is 0 Å². The first-order valence-electron chi connectivity index (χ1n) is 7.04. The van der Waals surface area contributed by atoms with Crippen LogP contribution in [0.3, 0.4) is 0 Å². The van der Waals surface area contributed by atoms with Crippen molar-refractivity contribution in [3.63, 3.8) is 0 Å². The SMILES string of the molecule is COc1cccc(-c2cncc([C@H]3CCCNC3)n2)c1. The summed E-state index contributed by atoms with van der Waals surface area (Å²) in [5.41, 5.74) is 3.03. The van der Waals surface area contributed by atoms with Crippen LogP contribution >= 0.6 is 0 Å². The van der Waals surface area contributed by atoms with Gasteiger partial charge >= 0.3 is 0 Å². The van der Waals surface area contributed by atoms with Crippen LogP contribution in [-0.2, 0) is 0 Å². The second-order valence-electron chi connectivity index (χ2n) is 5.10. The van der Waals surface area contributed by atoms with E-state index in [1.54, 1.807) is 7.11 Å². The Labute approximate surface area is 119 Å². The number of benzene rings is 1. The molecule has 1 atom stereocenters. The predicted molar refractivity (Wildman–Crippen MR) is 78.9 cm³/mol. The van der Waals surface area contributed by atoms with Crippen molar-refractivity contribution in [3.05, 3.63) is 42.4 Å². The van der Waals surface area contributed by atoms with Crippen molar-refractivity contribution in [2.24, 2.45) is 0 Å². The Morgan fingerprint density at radius 3 is 3.05 bits per heavy atom. The highest BCUT2D eigenvalue weighted by molar-refractivity contribution is 5.60. The Hall–Kier alpha value is -1.94. The van der Waals surface area contributed by atoms with E-state index in [-0.39, 0.29) is 0 Å². The summed E-state index contributed by atoms with van der Waals surface area (Å²) in [5.74, 6) is 1.32. The third-order valence-corrected chi connectivity index (χ3v) is 3.73. The topological polar surface area (TPSA) is 47.0 Å². The van der Waals surface area contributed by atoms with Gasteiger partial charge in [0, 0.05) is 24.2 Å². The molecular weight excluding hydrogens is 250 g/mol. The fourth-order valence-corrected chi connectivity index (χ4v) is 2.60. The molecule has 20 heavy (non-hydrogen) atoms. The zero-order valence-electron chi connectivity index (χ0n) is 11.7. The minimum atomic E-state index is 0.474. The van der Waals surface area contributed by atoms with Crippen molar-refractivity contribution in [2.45, 2.75) is 18.8 Å². The van der Waals surface area contributed by atoms with Gasteiger partial charge < -0.3 is 10.1 Å². The van der Waals surface area contributed by atoms with E-state index in [9.17, 15) is 0 Å². The molecule has 2 heterocycles. The van der Waals surface area contributed by atoms with E-state index in [0.717, 1.165) is 35.8 Å². The Kier molecular flexibility index (Phi) is 3.92. The molecule has 1 saturated heterocycles. The number of hydrogen-bond donors (Lipinski definition) is 1. The molecule has 1 aliphatic heterocycles. The molecule has 0 saturated carbocycles. The molecule has 104 valence electrons. The van der Waals surface area contributed by atoms with Crippen molar-refractivity contribution < 1.29 is 4.74 Å². The van der Waals surface area contributed by atoms with Crippen molar-refractivity contribution in [2.75, 3.05) is 20.2 Å². The van der Waals surface area contributed by atoms with E-state index >= 15 is 0 Å². The zero-order chi connectivity index (χ0) is 13.8. The van der Waals surface area contributed by atoms with E-state index in [2.05, 4.69) is 10.3 Å². The normalized spacial score (nSPS) is 18.8. The minimum absolute atomic E-state index is 0.474. The fourth-order valence-electron chi connectivity index (χ4n) is 2.60. The van der Waals surface area contributed by atoms with Crippen LogP contribution in [0.1, 0.15) is 24.5 Å². The molecule has 1 aromatic heterocycles. The molecule has 2 aromatic rings. The molecular formula is C16H19N3O. The van der Waals surface area contributed by atoms with E-state index in [0.29, 0.717) is 5.92 Å². The molecule has 0 radical (unpaired) electrons. The standard InChI is InChI=1S/C16H19N3O/c1-20-14-6-2-4-12(8-14)15-10-18-11-16(19-15)13-5-3-7-17-9-13/h2,4,6,8,10-11,13,17H,3,5,7,9H2,1H3/t13-/m0/s1. The van der Waals surface area contributed by atoms with Gasteiger partial charge in [0.05, 0.1) is 24.7 Å². The molecule has 1 aliphatic rings. The third kappa shape index (κ3) is 2.80. The summed E-state index contributed by atoms with van der Waals surface area (Å²) in [6, 6.07) is 7.94. The van der Waals surface area contributed by atoms with Crippen LogP contribution in [0.2, 0.25) is 0 Å². The molecule has 4 nitrogen and oxygen atoms in total. The second-order valence-corrected chi connectivity index (χ2v) is 5.10. The van der Waals surface area contributed by atoms with Crippen LogP contribution in [0.5, 0.6) is 5.75 Å². The molecule has 4 heteroatoms. The summed E-state index contributed by atoms with van der Waals surface area (Å²) < 4.78 is 5.26. The number of methoxy groups -OCH3 is 1. The van der Waals surface area contributed by atoms with E-state index in [4.69, 9.17) is 9.72 Å². The first-order chi connectivity index (χ1) is 9.86. The van der Waals surface area contributed by atoms with Crippen molar-refractivity contribution in [1.82, 2.24) is 15.3 Å². The molecule has 1 fully saturated rings. The molecule has 0 bridgehead atoms. The molecule has 0 spiro atoms. The summed E-state index contributed by atoms with van der Waals surface area (Å²) >= 11 is 0. The van der Waals surface area contributed by atoms with Crippen LogP contribution in [-0.4, -0.2) is 30.2 Å². The van der Waals surface area contributed by atoms with Crippen LogP contribution in [0, 0.1) is 0 Å². The average molecular weight is 269 g/mol. The maximum absolute atomic E-state index is 5.26. The number of rotatable bonds is 3. The number of nitrogens with one attached hydrogen (secondary N) is 1. The Morgan fingerprint density at radius 2 is 2.25 bits per heavy atom. The lowest BCUT2D eigenvalue weighted by Gasteiger charge is -2.22. The molecule has 1 N–H and O–H groups in total. The van der Waals surface area contributed by atoms with Gasteiger partial charge in [-0.1, -0.05) is 12.1 Å². The minimum Gasteiger partial charge on any atom is -0.497 e. The highest BCUT2D eigenvalue weighted by Crippen LogP contribution is 2.25. The highest BCUT2D eigenvalue weighted by atomic mass is 16.5. The Bertz CT molecular complexity index is 579. The Morgan fingerprint density at radius 1 is 1.30 bits per heavy atom. The number of piperidine rings is 1. The molecule has 1 aromatic carbocycles. The maximum Gasteiger partial charge on any atom is 0.119 e. The number of hydrogen-bond acceptors (Lipinski definition) is 4. The maximum atomic E-state index is 5.26. The predicted octanol–water partition coefficient (Wildman–Crippen LogP) is 2.62. The third-order valence-electron chi connectivity index (χ3n) is 3.73. The smallest absolute Gasteiger partial charge is 0.119 e. The van der Waals surface area contributed by atoms with Gasteiger partial charge in [-0.2, -0.15) is 0 Å². The number of ether oxygens (including phenoxy) is 1. The van der Waals surface area contributed by atoms with Gasteiger partial charge in [0.1, 0.15) is 5.75 Å². The number of aromatic nitrogens is 2. The highest BCUT2D eigenvalue weighted by Gasteiger charge is 2.17. The second kappa shape index (κ2) is 6.01. The van der Waals surface area contributed by atoms with Gasteiger partial charge in [0.25, 0.3) is 0 Å². The van der Waals surface area contributed by atoms with Gasteiger partial charge in [-0.3, -0.25) is 4.98 Å². The van der Waals surface area contributed by atoms with Gasteiger partial charge in [-0.15, -0.1) is 0 Å². The van der Waals surface area contributed by atoms with Gasteiger partial charge in [0.2, 0.25) is 0 Å². The fraction of sp³-hybridized carbons (Fsp3) is 0.375. The average Bonchev–Trinajstić information content (AvgIpc) is 2.56. The summed E-state index contributed by atoms with van der Waals surface area (Å²) in [6.07, 6.45) is 6.09. The largest absolute Gasteiger partial charge is 0.497 e. The van der Waals surface area contributed by atoms with Gasteiger partial charge in [0.15, 0.2) is 0 Å². The van der Waals surface area contributed by atoms with Gasteiger partial charge in [-0.25, -0.2) is 4.98 Å². The zero-order valence-corrected chi connectivity index (χ0v) is 11.7. The summed E-state index contributed by atoms with van der Waals surface area (Å²) in [4.78, 5) is 9.14. The first kappa shape index (κ1) is 13.1. The van der Waals surface area contributed by atoms with E-state index in [1.807, 2.05) is 36.7 Å². The van der Waals surface area contributed by atoms with Crippen molar-refractivity contribution in [3.8, 4) is 17.0 Å². The van der Waals surface area contributed by atoms with Crippen LogP contribution in [0.15, 0.2) is 36.7 Å². The molecule has 3 rings (SSSR count). The van der Waals surface area contributed by atoms with Crippen LogP contribution < -0.4 is 10.1 Å². The van der Waals surface area contributed by atoms with Crippen molar-refractivity contribution >= 4 is 0 Å². The molecule has 0 aliphatic carbocycles. The lowest BCUT2D eigenvalue weighted by molar-refractivity contribution is 0.415. The summed E-state index contributed by atoms with van der Waals surface area (Å²) in [5, 5.41) is 3.42. The lowest BCUT2D eigenvalue weighted by atomic mass is 9.96. The summed E-state index contributed by atoms with van der Waals surface area (Å²) in [7, 11) is 1.68. The molecule has 0 amide bonds. The van der Waals surface area contributed by atoms with Crippen LogP contribution in [0.4, 0.5) is 0 Å². The quantitative estimate of drug-likeness (QED) is 0.930. The number of nitrogens with zero attached hydrogens (tertiary/aromatic N) is 2. The Balaban J connectivity index is 1.89. The van der Waals surface area contributed by atoms with Crippen LogP contribution in [0.25, 0.3) is 11.3 Å². The van der Waals surface area contributed by atoms with E-state index in [1.165, 1.54) is 12.8 Å².